The van der Waals surface area contributed by atoms with Crippen molar-refractivity contribution in [1.29, 1.82) is 0 Å². The highest BCUT2D eigenvalue weighted by Gasteiger charge is 2.50. The Bertz CT molecular complexity index is 531. The highest BCUT2D eigenvalue weighted by atomic mass is 16.6. The molecule has 128 valence electrons. The van der Waals surface area contributed by atoms with E-state index in [-0.39, 0.29) is 24.4 Å². The first-order chi connectivity index (χ1) is 10.8. The summed E-state index contributed by atoms with van der Waals surface area (Å²) in [6, 6.07) is 0. The monoisotopic (exact) mass is 318 g/mol. The summed E-state index contributed by atoms with van der Waals surface area (Å²) < 4.78 is 12.1. The Hall–Kier alpha value is -0.900. The van der Waals surface area contributed by atoms with Crippen LogP contribution in [0.3, 0.4) is 0 Å². The molecule has 0 aromatic carbocycles. The zero-order valence-electron chi connectivity index (χ0n) is 14.7. The normalized spacial score (nSPS) is 44.4. The van der Waals surface area contributed by atoms with E-state index in [9.17, 15) is 5.11 Å². The third-order valence-corrected chi connectivity index (χ3v) is 5.66. The van der Waals surface area contributed by atoms with Gasteiger partial charge in [0.2, 0.25) is 0 Å². The minimum absolute atomic E-state index is 0.0919. The van der Waals surface area contributed by atoms with Crippen LogP contribution in [-0.2, 0) is 9.47 Å². The second-order valence-electron chi connectivity index (χ2n) is 7.96. The lowest BCUT2D eigenvalue weighted by Crippen LogP contribution is -2.41. The average molecular weight is 318 g/mol. The molecule has 0 radical (unpaired) electrons. The van der Waals surface area contributed by atoms with Crippen LogP contribution in [-0.4, -0.2) is 35.1 Å². The topological polar surface area (TPSA) is 42.0 Å². The molecule has 2 fully saturated rings. The fourth-order valence-corrected chi connectivity index (χ4v) is 4.10. The predicted molar refractivity (Wildman–Crippen MR) is 92.2 cm³/mol. The minimum atomic E-state index is -0.867. The summed E-state index contributed by atoms with van der Waals surface area (Å²) in [4.78, 5) is 0. The zero-order chi connectivity index (χ0) is 16.8. The van der Waals surface area contributed by atoms with E-state index < -0.39 is 5.60 Å². The molecule has 3 aliphatic rings. The smallest absolute Gasteiger partial charge is 0.105 e. The number of fused-ring (bicyclic) bond motifs is 3. The Morgan fingerprint density at radius 1 is 1.35 bits per heavy atom. The maximum absolute atomic E-state index is 11.0. The van der Waals surface area contributed by atoms with Crippen molar-refractivity contribution < 1.29 is 14.6 Å². The van der Waals surface area contributed by atoms with Gasteiger partial charge in [0.1, 0.15) is 6.10 Å². The van der Waals surface area contributed by atoms with Crippen molar-refractivity contribution in [2.45, 2.75) is 82.9 Å². The average Bonchev–Trinajstić information content (AvgIpc) is 3.05. The molecule has 0 spiro atoms. The van der Waals surface area contributed by atoms with Crippen molar-refractivity contribution in [1.82, 2.24) is 0 Å². The van der Waals surface area contributed by atoms with Crippen LogP contribution in [0.2, 0.25) is 0 Å². The summed E-state index contributed by atoms with van der Waals surface area (Å²) in [6.45, 7) is 14.4. The number of hydrogen-bond donors (Lipinski definition) is 1. The molecule has 2 saturated heterocycles. The lowest BCUT2D eigenvalue weighted by molar-refractivity contribution is -0.0999. The molecule has 3 heterocycles. The number of hydrogen-bond acceptors (Lipinski definition) is 3. The Balaban J connectivity index is 1.83. The van der Waals surface area contributed by atoms with Crippen LogP contribution in [0, 0.1) is 5.92 Å². The third-order valence-electron chi connectivity index (χ3n) is 5.66. The van der Waals surface area contributed by atoms with Gasteiger partial charge in [0.25, 0.3) is 0 Å². The molecule has 0 saturated carbocycles. The van der Waals surface area contributed by atoms with Crippen LogP contribution in [0.4, 0.5) is 0 Å². The van der Waals surface area contributed by atoms with Gasteiger partial charge in [0.05, 0.1) is 23.9 Å². The lowest BCUT2D eigenvalue weighted by Gasteiger charge is -2.29. The van der Waals surface area contributed by atoms with Crippen molar-refractivity contribution in [2.24, 2.45) is 5.92 Å². The molecule has 0 aromatic heterocycles. The first-order valence-corrected chi connectivity index (χ1v) is 8.80. The molecule has 2 bridgehead atoms. The molecular formula is C20H30O3. The maximum atomic E-state index is 11.0. The van der Waals surface area contributed by atoms with E-state index in [0.717, 1.165) is 36.8 Å². The first kappa shape index (κ1) is 16.9. The van der Waals surface area contributed by atoms with Crippen molar-refractivity contribution in [2.75, 3.05) is 0 Å². The number of aliphatic hydroxyl groups is 1. The van der Waals surface area contributed by atoms with Crippen LogP contribution in [0.5, 0.6) is 0 Å². The molecule has 6 atom stereocenters. The summed E-state index contributed by atoms with van der Waals surface area (Å²) in [6.07, 6.45) is 6.81. The van der Waals surface area contributed by atoms with Crippen LogP contribution in [0.15, 0.2) is 36.0 Å². The predicted octanol–water partition coefficient (Wildman–Crippen LogP) is 3.93. The molecule has 3 rings (SSSR count). The summed E-state index contributed by atoms with van der Waals surface area (Å²) in [5.41, 5.74) is 2.79. The summed E-state index contributed by atoms with van der Waals surface area (Å²) >= 11 is 0. The van der Waals surface area contributed by atoms with Gasteiger partial charge in [-0.1, -0.05) is 30.4 Å². The van der Waals surface area contributed by atoms with E-state index in [4.69, 9.17) is 9.47 Å². The summed E-state index contributed by atoms with van der Waals surface area (Å²) in [7, 11) is 0. The van der Waals surface area contributed by atoms with Crippen LogP contribution < -0.4 is 0 Å². The summed E-state index contributed by atoms with van der Waals surface area (Å²) in [5, 5.41) is 11.0. The third kappa shape index (κ3) is 3.62. The minimum Gasteiger partial charge on any atom is -0.387 e. The number of allylic oxidation sites excluding steroid dienone is 1. The standard InChI is InChI=1S/C20H30O3/c1-12(2)15-10-18-20(5,21)11-17-19(23-17)14(4)8-6-7-13(3)9-16(15)22-18/h7,15-19,21H,1,4,6,8-11H2,2-3,5H3. The molecule has 3 heteroatoms. The van der Waals surface area contributed by atoms with Gasteiger partial charge in [-0.15, -0.1) is 0 Å². The Morgan fingerprint density at radius 3 is 2.78 bits per heavy atom. The SMILES string of the molecule is C=C(C)C1CC2OC1CC(C)=CCCC(=C)C1OC1CC2(C)O. The van der Waals surface area contributed by atoms with Gasteiger partial charge < -0.3 is 14.6 Å². The second kappa shape index (κ2) is 6.19. The van der Waals surface area contributed by atoms with Gasteiger partial charge in [-0.2, -0.15) is 0 Å². The van der Waals surface area contributed by atoms with E-state index >= 15 is 0 Å². The van der Waals surface area contributed by atoms with E-state index in [0.29, 0.717) is 12.3 Å². The molecule has 0 amide bonds. The molecule has 0 aromatic rings. The van der Waals surface area contributed by atoms with Crippen molar-refractivity contribution in [3.05, 3.63) is 36.0 Å². The Labute approximate surface area is 140 Å². The fourth-order valence-electron chi connectivity index (χ4n) is 4.10. The van der Waals surface area contributed by atoms with E-state index in [1.165, 1.54) is 5.57 Å². The molecule has 3 aliphatic heterocycles. The van der Waals surface area contributed by atoms with Crippen molar-refractivity contribution in [3.8, 4) is 0 Å². The van der Waals surface area contributed by atoms with E-state index in [1.807, 2.05) is 6.92 Å². The van der Waals surface area contributed by atoms with Gasteiger partial charge in [-0.3, -0.25) is 0 Å². The highest BCUT2D eigenvalue weighted by Crippen LogP contribution is 2.44. The van der Waals surface area contributed by atoms with Crippen LogP contribution in [0.1, 0.15) is 52.9 Å². The van der Waals surface area contributed by atoms with Gasteiger partial charge in [0.15, 0.2) is 0 Å². The van der Waals surface area contributed by atoms with E-state index in [1.54, 1.807) is 0 Å². The molecule has 3 nitrogen and oxygen atoms in total. The highest BCUT2D eigenvalue weighted by molar-refractivity contribution is 5.17. The summed E-state index contributed by atoms with van der Waals surface area (Å²) in [5.74, 6) is 0.323. The van der Waals surface area contributed by atoms with Gasteiger partial charge in [-0.05, 0) is 52.0 Å². The van der Waals surface area contributed by atoms with Gasteiger partial charge >= 0.3 is 0 Å². The number of rotatable bonds is 1. The quantitative estimate of drug-likeness (QED) is 0.588. The maximum Gasteiger partial charge on any atom is 0.105 e. The number of epoxide rings is 1. The Morgan fingerprint density at radius 2 is 2.09 bits per heavy atom. The number of ether oxygens (including phenoxy) is 2. The largest absolute Gasteiger partial charge is 0.387 e. The van der Waals surface area contributed by atoms with Crippen LogP contribution >= 0.6 is 0 Å². The lowest BCUT2D eigenvalue weighted by atomic mass is 9.83. The van der Waals surface area contributed by atoms with Gasteiger partial charge in [0, 0.05) is 12.3 Å². The molecule has 23 heavy (non-hydrogen) atoms. The van der Waals surface area contributed by atoms with Crippen molar-refractivity contribution >= 4 is 0 Å². The van der Waals surface area contributed by atoms with Gasteiger partial charge in [-0.25, -0.2) is 0 Å². The fraction of sp³-hybridized carbons (Fsp3) is 0.700. The second-order valence-corrected chi connectivity index (χ2v) is 7.96. The van der Waals surface area contributed by atoms with E-state index in [2.05, 4.69) is 33.1 Å². The Kier molecular flexibility index (Phi) is 4.56. The molecule has 0 aliphatic carbocycles. The van der Waals surface area contributed by atoms with Crippen molar-refractivity contribution in [3.63, 3.8) is 0 Å². The first-order valence-electron chi connectivity index (χ1n) is 8.80. The molecular weight excluding hydrogens is 288 g/mol. The molecule has 1 N–H and O–H groups in total. The van der Waals surface area contributed by atoms with Crippen LogP contribution in [0.25, 0.3) is 0 Å². The zero-order valence-corrected chi connectivity index (χ0v) is 14.7. The molecule has 6 unspecified atom stereocenters.